The number of benzene rings is 1. The molecule has 0 bridgehead atoms. The van der Waals surface area contributed by atoms with Gasteiger partial charge in [-0.05, 0) is 39.0 Å². The van der Waals surface area contributed by atoms with Crippen LogP contribution in [0.1, 0.15) is 31.1 Å². The first-order valence-corrected chi connectivity index (χ1v) is 9.82. The summed E-state index contributed by atoms with van der Waals surface area (Å²) in [7, 11) is 0. The fourth-order valence-corrected chi connectivity index (χ4v) is 4.00. The predicted octanol–water partition coefficient (Wildman–Crippen LogP) is 2.71. The molecule has 0 saturated carbocycles. The largest absolute Gasteiger partial charge is 0.456 e. The molecule has 2 saturated heterocycles. The molecule has 2 fully saturated rings. The summed E-state index contributed by atoms with van der Waals surface area (Å²) in [6, 6.07) is 4.89. The SMILES string of the molecule is CC(C)(C)OC(=O)c1ccc(SCC(=O)N2CC3(COC(=O)N3)C2)c(Cl)c1. The molecule has 2 aliphatic rings. The van der Waals surface area contributed by atoms with E-state index in [-0.39, 0.29) is 11.7 Å². The number of nitrogens with one attached hydrogen (secondary N) is 1. The Kier molecular flexibility index (Phi) is 5.31. The summed E-state index contributed by atoms with van der Waals surface area (Å²) in [6.07, 6.45) is -0.437. The highest BCUT2D eigenvalue weighted by atomic mass is 35.5. The Morgan fingerprint density at radius 3 is 2.63 bits per heavy atom. The molecule has 9 heteroatoms. The number of halogens is 1. The average molecular weight is 413 g/mol. The highest BCUT2D eigenvalue weighted by molar-refractivity contribution is 8.00. The number of ether oxygens (including phenoxy) is 2. The number of hydrogen-bond donors (Lipinski definition) is 1. The van der Waals surface area contributed by atoms with Gasteiger partial charge in [0.2, 0.25) is 5.91 Å². The van der Waals surface area contributed by atoms with Crippen molar-refractivity contribution in [3.05, 3.63) is 28.8 Å². The summed E-state index contributed by atoms with van der Waals surface area (Å²) >= 11 is 7.56. The monoisotopic (exact) mass is 412 g/mol. The summed E-state index contributed by atoms with van der Waals surface area (Å²) in [5, 5.41) is 3.14. The van der Waals surface area contributed by atoms with Gasteiger partial charge < -0.3 is 19.7 Å². The molecule has 0 radical (unpaired) electrons. The smallest absolute Gasteiger partial charge is 0.407 e. The number of alkyl carbamates (subject to hydrolysis) is 1. The number of amides is 2. The maximum Gasteiger partial charge on any atom is 0.407 e. The quantitative estimate of drug-likeness (QED) is 0.604. The van der Waals surface area contributed by atoms with E-state index in [0.717, 1.165) is 0 Å². The normalized spacial score (nSPS) is 17.9. The van der Waals surface area contributed by atoms with E-state index in [9.17, 15) is 14.4 Å². The lowest BCUT2D eigenvalue weighted by molar-refractivity contribution is -0.136. The van der Waals surface area contributed by atoms with E-state index < -0.39 is 23.2 Å². The van der Waals surface area contributed by atoms with Crippen LogP contribution in [0.15, 0.2) is 23.1 Å². The number of likely N-dealkylation sites (tertiary alicyclic amines) is 1. The van der Waals surface area contributed by atoms with Gasteiger partial charge in [0.05, 0.1) is 16.3 Å². The molecule has 1 aromatic rings. The van der Waals surface area contributed by atoms with E-state index >= 15 is 0 Å². The van der Waals surface area contributed by atoms with Gasteiger partial charge in [-0.15, -0.1) is 11.8 Å². The number of nitrogens with zero attached hydrogens (tertiary/aromatic N) is 1. The van der Waals surface area contributed by atoms with Crippen LogP contribution in [-0.4, -0.2) is 59.5 Å². The van der Waals surface area contributed by atoms with Gasteiger partial charge in [0.25, 0.3) is 0 Å². The van der Waals surface area contributed by atoms with Crippen LogP contribution < -0.4 is 5.32 Å². The molecule has 1 N–H and O–H groups in total. The van der Waals surface area contributed by atoms with Crippen LogP contribution in [0.5, 0.6) is 0 Å². The first kappa shape index (κ1) is 19.8. The lowest BCUT2D eigenvalue weighted by Crippen LogP contribution is -2.70. The second-order valence-electron chi connectivity index (χ2n) is 7.67. The molecule has 0 aromatic heterocycles. The Morgan fingerprint density at radius 1 is 1.37 bits per heavy atom. The van der Waals surface area contributed by atoms with Gasteiger partial charge in [-0.1, -0.05) is 11.6 Å². The van der Waals surface area contributed by atoms with Crippen molar-refractivity contribution in [1.29, 1.82) is 0 Å². The zero-order chi connectivity index (χ0) is 19.8. The minimum Gasteiger partial charge on any atom is -0.456 e. The third kappa shape index (κ3) is 4.68. The molecule has 1 spiro atoms. The van der Waals surface area contributed by atoms with E-state index in [1.165, 1.54) is 11.8 Å². The second-order valence-corrected chi connectivity index (χ2v) is 9.09. The summed E-state index contributed by atoms with van der Waals surface area (Å²) in [6.45, 7) is 6.58. The Hall–Kier alpha value is -1.93. The molecule has 0 unspecified atom stereocenters. The van der Waals surface area contributed by atoms with Crippen molar-refractivity contribution in [2.24, 2.45) is 0 Å². The van der Waals surface area contributed by atoms with E-state index in [2.05, 4.69) is 5.32 Å². The molecule has 3 rings (SSSR count). The van der Waals surface area contributed by atoms with Gasteiger partial charge in [-0.3, -0.25) is 4.79 Å². The van der Waals surface area contributed by atoms with Crippen LogP contribution in [0.25, 0.3) is 0 Å². The maximum atomic E-state index is 12.3. The highest BCUT2D eigenvalue weighted by Crippen LogP contribution is 2.31. The number of hydrogen-bond acceptors (Lipinski definition) is 6. The van der Waals surface area contributed by atoms with Crippen molar-refractivity contribution in [3.8, 4) is 0 Å². The van der Waals surface area contributed by atoms with Crippen molar-refractivity contribution >= 4 is 41.3 Å². The molecular weight excluding hydrogens is 392 g/mol. The topological polar surface area (TPSA) is 84.9 Å². The average Bonchev–Trinajstić information content (AvgIpc) is 2.92. The predicted molar refractivity (Wildman–Crippen MR) is 101 cm³/mol. The van der Waals surface area contributed by atoms with Crippen LogP contribution >= 0.6 is 23.4 Å². The second kappa shape index (κ2) is 7.24. The summed E-state index contributed by atoms with van der Waals surface area (Å²) in [4.78, 5) is 37.9. The van der Waals surface area contributed by atoms with Gasteiger partial charge in [-0.2, -0.15) is 0 Å². The number of cyclic esters (lactones) is 1. The van der Waals surface area contributed by atoms with Crippen molar-refractivity contribution in [2.45, 2.75) is 36.8 Å². The zero-order valence-corrected chi connectivity index (χ0v) is 16.9. The van der Waals surface area contributed by atoms with E-state index in [4.69, 9.17) is 21.1 Å². The van der Waals surface area contributed by atoms with Crippen LogP contribution in [0.2, 0.25) is 5.02 Å². The van der Waals surface area contributed by atoms with Crippen LogP contribution in [0.4, 0.5) is 4.79 Å². The Balaban J connectivity index is 1.52. The van der Waals surface area contributed by atoms with Gasteiger partial charge >= 0.3 is 12.1 Å². The first-order valence-electron chi connectivity index (χ1n) is 8.45. The molecule has 2 heterocycles. The first-order chi connectivity index (χ1) is 12.6. The van der Waals surface area contributed by atoms with Gasteiger partial charge in [0, 0.05) is 18.0 Å². The molecule has 0 aliphatic carbocycles. The lowest BCUT2D eigenvalue weighted by atomic mass is 9.92. The summed E-state index contributed by atoms with van der Waals surface area (Å²) < 4.78 is 10.2. The highest BCUT2D eigenvalue weighted by Gasteiger charge is 2.50. The number of carbonyl (C=O) groups is 3. The van der Waals surface area contributed by atoms with Crippen LogP contribution in [0.3, 0.4) is 0 Å². The molecule has 27 heavy (non-hydrogen) atoms. The minimum absolute atomic E-state index is 0.0425. The maximum absolute atomic E-state index is 12.3. The molecule has 2 amide bonds. The van der Waals surface area contributed by atoms with Crippen LogP contribution in [-0.2, 0) is 14.3 Å². The van der Waals surface area contributed by atoms with Crippen molar-refractivity contribution in [1.82, 2.24) is 10.2 Å². The molecule has 0 atom stereocenters. The van der Waals surface area contributed by atoms with E-state index in [0.29, 0.717) is 35.2 Å². The third-order valence-electron chi connectivity index (χ3n) is 4.10. The number of rotatable bonds is 4. The number of carbonyl (C=O) groups excluding carboxylic acids is 3. The zero-order valence-electron chi connectivity index (χ0n) is 15.3. The van der Waals surface area contributed by atoms with Crippen LogP contribution in [0, 0.1) is 0 Å². The summed E-state index contributed by atoms with van der Waals surface area (Å²) in [5.74, 6) is -0.265. The molecule has 2 aliphatic heterocycles. The fourth-order valence-electron chi connectivity index (χ4n) is 2.84. The third-order valence-corrected chi connectivity index (χ3v) is 5.59. The molecule has 146 valence electrons. The van der Waals surface area contributed by atoms with E-state index in [1.807, 2.05) is 0 Å². The number of esters is 1. The molecule has 1 aromatic carbocycles. The Morgan fingerprint density at radius 2 is 2.07 bits per heavy atom. The summed E-state index contributed by atoms with van der Waals surface area (Å²) in [5.41, 5.74) is -0.640. The fraction of sp³-hybridized carbons (Fsp3) is 0.500. The molecule has 7 nitrogen and oxygen atoms in total. The Bertz CT molecular complexity index is 786. The standard InChI is InChI=1S/C18H21ClN2O5S/c1-17(2,3)26-15(23)11-4-5-13(12(19)6-11)27-7-14(22)21-8-18(9-21)10-25-16(24)20-18/h4-6H,7-10H2,1-3H3,(H,20,24). The molecular formula is C18H21ClN2O5S. The van der Waals surface area contributed by atoms with Gasteiger partial charge in [-0.25, -0.2) is 9.59 Å². The van der Waals surface area contributed by atoms with Crippen molar-refractivity contribution in [3.63, 3.8) is 0 Å². The van der Waals surface area contributed by atoms with Crippen molar-refractivity contribution in [2.75, 3.05) is 25.4 Å². The minimum atomic E-state index is -0.582. The van der Waals surface area contributed by atoms with E-state index in [1.54, 1.807) is 43.9 Å². The lowest BCUT2D eigenvalue weighted by Gasteiger charge is -2.45. The Labute approximate surface area is 166 Å². The van der Waals surface area contributed by atoms with Gasteiger partial charge in [0.15, 0.2) is 0 Å². The number of thioether (sulfide) groups is 1. The van der Waals surface area contributed by atoms with Gasteiger partial charge in [0.1, 0.15) is 17.7 Å². The van der Waals surface area contributed by atoms with Crippen molar-refractivity contribution < 1.29 is 23.9 Å².